The standard InChI is InChI=1S/C26H26N2O3/c1-18-9-12-21(13-10-18)16-28(26(29)20(3)30-22-7-5-4-6-8-22)17-25-27-23-15-19(2)11-14-24(23)31-25/h4-15,20H,16-17H2,1-3H3/t20-/m1/s1. The molecule has 0 spiro atoms. The largest absolute Gasteiger partial charge is 0.481 e. The predicted molar refractivity (Wildman–Crippen MR) is 121 cm³/mol. The van der Waals surface area contributed by atoms with Crippen LogP contribution in [0, 0.1) is 13.8 Å². The summed E-state index contributed by atoms with van der Waals surface area (Å²) in [5, 5.41) is 0. The van der Waals surface area contributed by atoms with E-state index in [4.69, 9.17) is 9.15 Å². The van der Waals surface area contributed by atoms with E-state index in [1.54, 1.807) is 11.8 Å². The number of para-hydroxylation sites is 1. The lowest BCUT2D eigenvalue weighted by Crippen LogP contribution is -2.39. The molecule has 0 bridgehead atoms. The van der Waals surface area contributed by atoms with Crippen LogP contribution in [0.4, 0.5) is 0 Å². The van der Waals surface area contributed by atoms with E-state index in [-0.39, 0.29) is 12.5 Å². The van der Waals surface area contributed by atoms with Crippen LogP contribution in [-0.4, -0.2) is 21.9 Å². The number of fused-ring (bicyclic) bond motifs is 1. The van der Waals surface area contributed by atoms with Crippen molar-refractivity contribution in [1.29, 1.82) is 0 Å². The number of nitrogens with zero attached hydrogens (tertiary/aromatic N) is 2. The molecule has 5 nitrogen and oxygen atoms in total. The third kappa shape index (κ3) is 5.12. The molecule has 1 aromatic heterocycles. The summed E-state index contributed by atoms with van der Waals surface area (Å²) >= 11 is 0. The average molecular weight is 415 g/mol. The molecule has 0 fully saturated rings. The van der Waals surface area contributed by atoms with Crippen molar-refractivity contribution in [1.82, 2.24) is 9.88 Å². The molecule has 3 aromatic carbocycles. The van der Waals surface area contributed by atoms with Crippen LogP contribution in [0.3, 0.4) is 0 Å². The lowest BCUT2D eigenvalue weighted by Gasteiger charge is -2.25. The maximum Gasteiger partial charge on any atom is 0.264 e. The van der Waals surface area contributed by atoms with Gasteiger partial charge in [-0.05, 0) is 56.2 Å². The third-order valence-electron chi connectivity index (χ3n) is 5.12. The number of carbonyl (C=O) groups excluding carboxylic acids is 1. The molecule has 0 aliphatic carbocycles. The number of rotatable bonds is 7. The predicted octanol–water partition coefficient (Wildman–Crippen LogP) is 5.44. The molecule has 4 aromatic rings. The normalized spacial score (nSPS) is 12.0. The monoisotopic (exact) mass is 414 g/mol. The van der Waals surface area contributed by atoms with Crippen LogP contribution >= 0.6 is 0 Å². The lowest BCUT2D eigenvalue weighted by molar-refractivity contribution is -0.139. The van der Waals surface area contributed by atoms with Crippen molar-refractivity contribution in [2.75, 3.05) is 0 Å². The Morgan fingerprint density at radius 1 is 0.968 bits per heavy atom. The Kier molecular flexibility index (Phi) is 6.03. The van der Waals surface area contributed by atoms with Crippen LogP contribution in [0.1, 0.15) is 29.5 Å². The molecule has 4 rings (SSSR count). The molecule has 158 valence electrons. The van der Waals surface area contributed by atoms with Gasteiger partial charge < -0.3 is 14.1 Å². The lowest BCUT2D eigenvalue weighted by atomic mass is 10.1. The topological polar surface area (TPSA) is 55.6 Å². The number of ether oxygens (including phenoxy) is 1. The second-order valence-corrected chi connectivity index (χ2v) is 7.83. The number of hydrogen-bond donors (Lipinski definition) is 0. The highest BCUT2D eigenvalue weighted by molar-refractivity contribution is 5.81. The third-order valence-corrected chi connectivity index (χ3v) is 5.12. The summed E-state index contributed by atoms with van der Waals surface area (Å²) in [5.41, 5.74) is 4.85. The van der Waals surface area contributed by atoms with E-state index in [9.17, 15) is 4.79 Å². The van der Waals surface area contributed by atoms with E-state index in [1.165, 1.54) is 5.56 Å². The Hall–Kier alpha value is -3.60. The zero-order valence-corrected chi connectivity index (χ0v) is 18.0. The van der Waals surface area contributed by atoms with Gasteiger partial charge in [0.15, 0.2) is 11.7 Å². The number of oxazole rings is 1. The second kappa shape index (κ2) is 9.04. The van der Waals surface area contributed by atoms with Crippen LogP contribution in [0.15, 0.2) is 77.2 Å². The summed E-state index contributed by atoms with van der Waals surface area (Å²) in [6, 6.07) is 23.4. The van der Waals surface area contributed by atoms with Gasteiger partial charge in [-0.3, -0.25) is 4.79 Å². The molecule has 0 radical (unpaired) electrons. The van der Waals surface area contributed by atoms with E-state index in [0.717, 1.165) is 22.2 Å². The van der Waals surface area contributed by atoms with Gasteiger partial charge in [0.05, 0.1) is 6.54 Å². The first-order valence-corrected chi connectivity index (χ1v) is 10.4. The van der Waals surface area contributed by atoms with Gasteiger partial charge in [-0.25, -0.2) is 4.98 Å². The van der Waals surface area contributed by atoms with E-state index >= 15 is 0 Å². The molecule has 0 aliphatic rings. The summed E-state index contributed by atoms with van der Waals surface area (Å²) in [4.78, 5) is 19.6. The molecule has 1 amide bonds. The second-order valence-electron chi connectivity index (χ2n) is 7.83. The van der Waals surface area contributed by atoms with Crippen molar-refractivity contribution in [3.05, 3.63) is 95.4 Å². The number of hydrogen-bond acceptors (Lipinski definition) is 4. The fraction of sp³-hybridized carbons (Fsp3) is 0.231. The molecule has 0 N–H and O–H groups in total. The molecular weight excluding hydrogens is 388 g/mol. The van der Waals surface area contributed by atoms with E-state index in [2.05, 4.69) is 4.98 Å². The summed E-state index contributed by atoms with van der Waals surface area (Å²) in [7, 11) is 0. The Labute approximate surface area is 182 Å². The van der Waals surface area contributed by atoms with Gasteiger partial charge in [0.2, 0.25) is 5.89 Å². The first-order valence-electron chi connectivity index (χ1n) is 10.4. The minimum atomic E-state index is -0.639. The summed E-state index contributed by atoms with van der Waals surface area (Å²) in [5.74, 6) is 1.05. The van der Waals surface area contributed by atoms with Crippen molar-refractivity contribution in [3.63, 3.8) is 0 Å². The zero-order valence-electron chi connectivity index (χ0n) is 18.0. The number of aryl methyl sites for hydroxylation is 2. The van der Waals surface area contributed by atoms with Crippen LogP contribution in [0.25, 0.3) is 11.1 Å². The maximum atomic E-state index is 13.3. The van der Waals surface area contributed by atoms with Crippen molar-refractivity contribution >= 4 is 17.0 Å². The van der Waals surface area contributed by atoms with Crippen molar-refractivity contribution in [2.24, 2.45) is 0 Å². The molecule has 1 heterocycles. The molecule has 0 saturated carbocycles. The highest BCUT2D eigenvalue weighted by Crippen LogP contribution is 2.20. The minimum absolute atomic E-state index is 0.122. The molecular formula is C26H26N2O3. The van der Waals surface area contributed by atoms with Gasteiger partial charge in [0.1, 0.15) is 11.3 Å². The van der Waals surface area contributed by atoms with Crippen LogP contribution in [0.5, 0.6) is 5.75 Å². The number of amides is 1. The molecule has 0 unspecified atom stereocenters. The Bertz CT molecular complexity index is 1170. The van der Waals surface area contributed by atoms with E-state index < -0.39 is 6.10 Å². The fourth-order valence-electron chi connectivity index (χ4n) is 3.45. The Morgan fingerprint density at radius 2 is 1.68 bits per heavy atom. The maximum absolute atomic E-state index is 13.3. The Balaban J connectivity index is 1.57. The molecule has 0 aliphatic heterocycles. The molecule has 5 heteroatoms. The number of carbonyl (C=O) groups is 1. The molecule has 0 saturated heterocycles. The SMILES string of the molecule is Cc1ccc(CN(Cc2nc3cc(C)ccc3o2)C(=O)[C@@H](C)Oc2ccccc2)cc1. The minimum Gasteiger partial charge on any atom is -0.481 e. The van der Waals surface area contributed by atoms with Crippen molar-refractivity contribution in [3.8, 4) is 5.75 Å². The summed E-state index contributed by atoms with van der Waals surface area (Å²) in [6.07, 6.45) is -0.639. The van der Waals surface area contributed by atoms with E-state index in [1.807, 2.05) is 86.6 Å². The van der Waals surface area contributed by atoms with Gasteiger partial charge >= 0.3 is 0 Å². The van der Waals surface area contributed by atoms with Gasteiger partial charge in [-0.1, -0.05) is 54.1 Å². The quantitative estimate of drug-likeness (QED) is 0.404. The number of aromatic nitrogens is 1. The van der Waals surface area contributed by atoms with Crippen LogP contribution in [-0.2, 0) is 17.9 Å². The van der Waals surface area contributed by atoms with Crippen LogP contribution < -0.4 is 4.74 Å². The highest BCUT2D eigenvalue weighted by Gasteiger charge is 2.24. The van der Waals surface area contributed by atoms with Gasteiger partial charge in [-0.2, -0.15) is 0 Å². The smallest absolute Gasteiger partial charge is 0.264 e. The van der Waals surface area contributed by atoms with Gasteiger partial charge in [-0.15, -0.1) is 0 Å². The molecule has 1 atom stereocenters. The fourth-order valence-corrected chi connectivity index (χ4v) is 3.45. The van der Waals surface area contributed by atoms with Crippen LogP contribution in [0.2, 0.25) is 0 Å². The van der Waals surface area contributed by atoms with E-state index in [0.29, 0.717) is 18.2 Å². The number of benzene rings is 3. The highest BCUT2D eigenvalue weighted by atomic mass is 16.5. The van der Waals surface area contributed by atoms with Gasteiger partial charge in [0.25, 0.3) is 5.91 Å². The Morgan fingerprint density at radius 3 is 2.42 bits per heavy atom. The zero-order chi connectivity index (χ0) is 21.8. The summed E-state index contributed by atoms with van der Waals surface area (Å²) in [6.45, 7) is 6.54. The first kappa shape index (κ1) is 20.7. The summed E-state index contributed by atoms with van der Waals surface area (Å²) < 4.78 is 11.8. The first-order chi connectivity index (χ1) is 15.0. The average Bonchev–Trinajstić information content (AvgIpc) is 3.16. The van der Waals surface area contributed by atoms with Crippen molar-refractivity contribution in [2.45, 2.75) is 40.0 Å². The van der Waals surface area contributed by atoms with Gasteiger partial charge in [0, 0.05) is 6.54 Å². The molecule has 31 heavy (non-hydrogen) atoms. The van der Waals surface area contributed by atoms with Crippen molar-refractivity contribution < 1.29 is 13.9 Å².